The highest BCUT2D eigenvalue weighted by atomic mass is 32.2. The highest BCUT2D eigenvalue weighted by molar-refractivity contribution is 7.86. The number of fused-ring (bicyclic) bond motifs is 2. The number of benzene rings is 2. The smallest absolute Gasteiger partial charge is 0.265 e. The molecule has 0 spiro atoms. The van der Waals surface area contributed by atoms with Crippen LogP contribution in [0.2, 0.25) is 0 Å². The molecule has 0 saturated carbocycles. The highest BCUT2D eigenvalue weighted by Crippen LogP contribution is 2.48. The third kappa shape index (κ3) is 20.2. The molecule has 1 amide bonds. The molecule has 78 heavy (non-hydrogen) atoms. The minimum Gasteiger partial charge on any atom is -0.394 e. The van der Waals surface area contributed by atoms with Gasteiger partial charge in [0.15, 0.2) is 18.1 Å². The zero-order chi connectivity index (χ0) is 56.8. The number of rotatable bonds is 37. The van der Waals surface area contributed by atoms with Crippen molar-refractivity contribution in [1.29, 1.82) is 0 Å². The van der Waals surface area contributed by atoms with Crippen molar-refractivity contribution in [3.05, 3.63) is 119 Å². The van der Waals surface area contributed by atoms with E-state index in [2.05, 4.69) is 127 Å². The summed E-state index contributed by atoms with van der Waals surface area (Å²) in [5.74, 6) is -0.558. The number of carbonyl (C=O) groups excluding carboxylic acids is 1. The molecule has 0 unspecified atom stereocenters. The van der Waals surface area contributed by atoms with Crippen LogP contribution in [0.25, 0.3) is 5.57 Å². The van der Waals surface area contributed by atoms with E-state index >= 15 is 0 Å². The summed E-state index contributed by atoms with van der Waals surface area (Å²) >= 11 is 0. The van der Waals surface area contributed by atoms with Crippen LogP contribution in [-0.4, -0.2) is 102 Å². The predicted molar refractivity (Wildman–Crippen MR) is 317 cm³/mol. The van der Waals surface area contributed by atoms with E-state index in [0.717, 1.165) is 109 Å². The zero-order valence-electron chi connectivity index (χ0n) is 47.7. The van der Waals surface area contributed by atoms with Crippen LogP contribution in [0, 0.1) is 6.92 Å². The number of allylic oxidation sites excluding steroid dienone is 6. The zero-order valence-corrected chi connectivity index (χ0v) is 49.4. The van der Waals surface area contributed by atoms with Crippen molar-refractivity contribution >= 4 is 48.8 Å². The normalized spacial score (nSPS) is 15.9. The number of nitrogens with zero attached hydrogens (tertiary/aromatic N) is 3. The fourth-order valence-electron chi connectivity index (χ4n) is 11.1. The Morgan fingerprint density at radius 2 is 1.27 bits per heavy atom. The first-order valence-electron chi connectivity index (χ1n) is 29.0. The lowest BCUT2D eigenvalue weighted by atomic mass is 9.81. The molecular weight excluding hydrogens is 1020 g/mol. The first-order valence-corrected chi connectivity index (χ1v) is 32.2. The molecule has 0 radical (unpaired) electrons. The lowest BCUT2D eigenvalue weighted by Crippen LogP contribution is -2.47. The van der Waals surface area contributed by atoms with Gasteiger partial charge < -0.3 is 26.2 Å². The Bertz CT molecular complexity index is 2740. The molecule has 14 nitrogen and oxygen atoms in total. The van der Waals surface area contributed by atoms with E-state index in [9.17, 15) is 40.9 Å². The van der Waals surface area contributed by atoms with E-state index in [-0.39, 0.29) is 43.5 Å². The van der Waals surface area contributed by atoms with E-state index in [1.54, 1.807) is 0 Å². The fraction of sp³-hybridized carbons (Fsp3) is 0.597. The largest absolute Gasteiger partial charge is 0.394 e. The first kappa shape index (κ1) is 64.3. The van der Waals surface area contributed by atoms with Gasteiger partial charge in [0.25, 0.3) is 20.2 Å². The number of hydrogen-bond donors (Lipinski definition) is 6. The van der Waals surface area contributed by atoms with Crippen LogP contribution in [0.15, 0.2) is 97.0 Å². The molecule has 0 bridgehead atoms. The maximum absolute atomic E-state index is 12.6. The summed E-state index contributed by atoms with van der Waals surface area (Å²) < 4.78 is 70.7. The van der Waals surface area contributed by atoms with Crippen molar-refractivity contribution in [1.82, 2.24) is 5.32 Å². The SMILES string of the molecule is Cc1ccc2c(c1)C(C)(C)C(=CC=C(C=CC1=[N+](CCCS(=O)(=O)O)c3ccccc3C1(C)C)c1cc[n+](CCCCCC(=O)NCCCCCCCCCCCCCCCCC(N)(CO)CO)cc1)N2CCCS(=O)(=O)O. The Balaban J connectivity index is 1.14. The molecule has 3 heterocycles. The van der Waals surface area contributed by atoms with Crippen molar-refractivity contribution in [2.45, 2.75) is 192 Å². The summed E-state index contributed by atoms with van der Waals surface area (Å²) in [5.41, 5.74) is 13.6. The van der Waals surface area contributed by atoms with Crippen molar-refractivity contribution in [2.75, 3.05) is 49.3 Å². The van der Waals surface area contributed by atoms with Gasteiger partial charge in [-0.2, -0.15) is 21.4 Å². The van der Waals surface area contributed by atoms with E-state index in [1.807, 2.05) is 18.2 Å². The third-order valence-corrected chi connectivity index (χ3v) is 17.5. The molecule has 0 atom stereocenters. The van der Waals surface area contributed by atoms with Crippen LogP contribution in [0.1, 0.15) is 185 Å². The molecule has 2 aliphatic rings. The first-order chi connectivity index (χ1) is 37.1. The van der Waals surface area contributed by atoms with Gasteiger partial charge in [0.2, 0.25) is 11.6 Å². The Labute approximate surface area is 468 Å². The number of aryl methyl sites for hydroxylation is 2. The van der Waals surface area contributed by atoms with Gasteiger partial charge in [-0.05, 0) is 87.8 Å². The second-order valence-electron chi connectivity index (χ2n) is 23.1. The number of para-hydroxylation sites is 1. The van der Waals surface area contributed by atoms with Crippen molar-refractivity contribution in [3.63, 3.8) is 0 Å². The van der Waals surface area contributed by atoms with Gasteiger partial charge in [-0.1, -0.05) is 139 Å². The van der Waals surface area contributed by atoms with E-state index in [0.29, 0.717) is 25.9 Å². The Hall–Kier alpha value is -4.55. The number of carbonyl (C=O) groups is 1. The molecule has 0 fully saturated rings. The van der Waals surface area contributed by atoms with Crippen molar-refractivity contribution < 1.29 is 50.1 Å². The third-order valence-electron chi connectivity index (χ3n) is 15.9. The molecular formula is C62H95N5O9S2+2. The monoisotopic (exact) mass is 1120 g/mol. The average molecular weight is 1120 g/mol. The van der Waals surface area contributed by atoms with Crippen LogP contribution in [0.3, 0.4) is 0 Å². The van der Waals surface area contributed by atoms with Crippen LogP contribution < -0.4 is 20.5 Å². The minimum absolute atomic E-state index is 0.126. The number of nitrogens with two attached hydrogens (primary N) is 1. The molecule has 5 rings (SSSR count). The fourth-order valence-corrected chi connectivity index (χ4v) is 12.1. The Morgan fingerprint density at radius 1 is 0.692 bits per heavy atom. The summed E-state index contributed by atoms with van der Waals surface area (Å²) in [4.78, 5) is 14.8. The van der Waals surface area contributed by atoms with Crippen LogP contribution in [0.5, 0.6) is 0 Å². The number of anilines is 1. The van der Waals surface area contributed by atoms with Gasteiger partial charge in [-0.3, -0.25) is 13.9 Å². The molecule has 1 aromatic heterocycles. The number of hydrogen-bond acceptors (Lipinski definition) is 9. The van der Waals surface area contributed by atoms with Crippen LogP contribution in [0.4, 0.5) is 11.4 Å². The lowest BCUT2D eigenvalue weighted by molar-refractivity contribution is -0.697. The number of aromatic nitrogens is 1. The van der Waals surface area contributed by atoms with Gasteiger partial charge in [0, 0.05) is 79.0 Å². The molecule has 0 aliphatic carbocycles. The lowest BCUT2D eigenvalue weighted by Gasteiger charge is -2.27. The van der Waals surface area contributed by atoms with E-state index in [4.69, 9.17) is 5.73 Å². The van der Waals surface area contributed by atoms with Gasteiger partial charge in [0.1, 0.15) is 13.1 Å². The van der Waals surface area contributed by atoms with Gasteiger partial charge in [-0.25, -0.2) is 4.57 Å². The number of unbranched alkanes of at least 4 members (excludes halogenated alkanes) is 15. The van der Waals surface area contributed by atoms with Crippen LogP contribution in [-0.2, 0) is 42.4 Å². The van der Waals surface area contributed by atoms with Gasteiger partial charge in [-0.15, -0.1) is 0 Å². The molecule has 7 N–H and O–H groups in total. The highest BCUT2D eigenvalue weighted by Gasteiger charge is 2.44. The predicted octanol–water partition coefficient (Wildman–Crippen LogP) is 10.7. The Kier molecular flexibility index (Phi) is 25.4. The number of aliphatic hydroxyl groups is 2. The minimum atomic E-state index is -4.14. The number of amides is 1. The molecule has 2 aliphatic heterocycles. The topological polar surface area (TPSA) is 214 Å². The molecule has 16 heteroatoms. The second-order valence-corrected chi connectivity index (χ2v) is 26.3. The summed E-state index contributed by atoms with van der Waals surface area (Å²) in [6, 6.07) is 18.7. The molecule has 432 valence electrons. The quantitative estimate of drug-likeness (QED) is 0.0138. The summed E-state index contributed by atoms with van der Waals surface area (Å²) in [6.07, 6.45) is 33.8. The number of nitrogens with one attached hydrogen (secondary N) is 1. The maximum atomic E-state index is 12.6. The van der Waals surface area contributed by atoms with Crippen LogP contribution >= 0.6 is 0 Å². The standard InChI is InChI=1S/C62H93N5O9S2/c1-50-30-33-56-54(47-50)61(4,5)58(67(56)42-26-46-78(74,75)76)35-32-51(31-34-57-60(2,3)53-27-20-21-28-55(53)66(57)41-25-45-77(71,72)73)52-36-43-65(44-37-52)40-24-18-19-29-59(70)64-39-23-17-15-13-11-9-7-6-8-10-12-14-16-22-38-62(63,48-68)49-69/h20-21,27-28,30-37,43-44,47,68-69H,6-19,22-26,29,38-42,45-46,48-49,63H2,1-5H3,(H-2,64,70,71,72,73,74,75,76)/p+2. The van der Waals surface area contributed by atoms with Gasteiger partial charge in [0.05, 0.1) is 35.7 Å². The molecule has 2 aromatic carbocycles. The number of aliphatic hydroxyl groups excluding tert-OH is 2. The van der Waals surface area contributed by atoms with Crippen molar-refractivity contribution in [2.24, 2.45) is 5.73 Å². The maximum Gasteiger partial charge on any atom is 0.265 e. The van der Waals surface area contributed by atoms with E-state index in [1.165, 1.54) is 64.2 Å². The summed E-state index contributed by atoms with van der Waals surface area (Å²) in [6.45, 7) is 12.7. The second kappa shape index (κ2) is 30.9. The van der Waals surface area contributed by atoms with Crippen molar-refractivity contribution in [3.8, 4) is 0 Å². The summed E-state index contributed by atoms with van der Waals surface area (Å²) in [5, 5.41) is 21.7. The molecule has 3 aromatic rings. The average Bonchev–Trinajstić information content (AvgIpc) is 3.79. The van der Waals surface area contributed by atoms with Gasteiger partial charge >= 0.3 is 0 Å². The molecule has 0 saturated heterocycles. The number of pyridine rings is 1. The Morgan fingerprint density at radius 3 is 1.88 bits per heavy atom. The van der Waals surface area contributed by atoms with E-state index < -0.39 is 36.6 Å². The summed E-state index contributed by atoms with van der Waals surface area (Å²) in [7, 11) is -8.28.